The molecule has 0 N–H and O–H groups in total. The molecule has 2 aromatic rings. The summed E-state index contributed by atoms with van der Waals surface area (Å²) in [5.41, 5.74) is 1.31. The largest absolute Gasteiger partial charge is 0.361 e. The van der Waals surface area contributed by atoms with Crippen LogP contribution >= 0.6 is 23.2 Å². The number of hydrogen-bond donors (Lipinski definition) is 0. The van der Waals surface area contributed by atoms with Gasteiger partial charge in [-0.25, -0.2) is 9.97 Å². The van der Waals surface area contributed by atoms with Gasteiger partial charge in [-0.15, -0.1) is 0 Å². The maximum atomic E-state index is 6.10. The molecule has 0 radical (unpaired) electrons. The molecule has 0 saturated heterocycles. The van der Waals surface area contributed by atoms with Gasteiger partial charge >= 0.3 is 0 Å². The maximum absolute atomic E-state index is 6.10. The van der Waals surface area contributed by atoms with Crippen LogP contribution in [-0.4, -0.2) is 29.2 Å². The molecule has 0 unspecified atom stereocenters. The molecule has 0 amide bonds. The first-order chi connectivity index (χ1) is 8.87. The van der Waals surface area contributed by atoms with Crippen LogP contribution in [0.5, 0.6) is 0 Å². The zero-order valence-electron chi connectivity index (χ0n) is 11.3. The molecular formula is C12H17Cl2N3OSi. The minimum atomic E-state index is -1.06. The summed E-state index contributed by atoms with van der Waals surface area (Å²) in [7, 11) is -1.06. The third-order valence-corrected chi connectivity index (χ3v) is 4.88. The highest BCUT2D eigenvalue weighted by molar-refractivity contribution is 6.76. The van der Waals surface area contributed by atoms with Crippen molar-refractivity contribution in [3.05, 3.63) is 22.6 Å². The van der Waals surface area contributed by atoms with Gasteiger partial charge in [-0.2, -0.15) is 0 Å². The van der Waals surface area contributed by atoms with Gasteiger partial charge in [0.1, 0.15) is 17.4 Å². The van der Waals surface area contributed by atoms with Gasteiger partial charge in [0, 0.05) is 20.9 Å². The normalized spacial score (nSPS) is 12.3. The summed E-state index contributed by atoms with van der Waals surface area (Å²) < 4.78 is 7.54. The van der Waals surface area contributed by atoms with Crippen molar-refractivity contribution in [1.29, 1.82) is 0 Å². The van der Waals surface area contributed by atoms with Crippen LogP contribution in [0.4, 0.5) is 0 Å². The third kappa shape index (κ3) is 3.92. The fourth-order valence-corrected chi connectivity index (χ4v) is 2.76. The summed E-state index contributed by atoms with van der Waals surface area (Å²) in [6, 6.07) is 1.14. The van der Waals surface area contributed by atoms with Gasteiger partial charge in [0.15, 0.2) is 5.65 Å². The highest BCUT2D eigenvalue weighted by Crippen LogP contribution is 2.23. The van der Waals surface area contributed by atoms with E-state index in [2.05, 4.69) is 29.6 Å². The Kier molecular flexibility index (Phi) is 4.50. The Morgan fingerprint density at radius 3 is 2.74 bits per heavy atom. The molecule has 0 fully saturated rings. The molecule has 0 aliphatic rings. The molecule has 2 aromatic heterocycles. The second-order valence-corrected chi connectivity index (χ2v) is 12.1. The first-order valence-electron chi connectivity index (χ1n) is 6.11. The number of fused-ring (bicyclic) bond motifs is 1. The Morgan fingerprint density at radius 1 is 1.32 bits per heavy atom. The average molecular weight is 318 g/mol. The van der Waals surface area contributed by atoms with Crippen LogP contribution < -0.4 is 0 Å². The van der Waals surface area contributed by atoms with Crippen molar-refractivity contribution in [3.8, 4) is 0 Å². The van der Waals surface area contributed by atoms with Crippen LogP contribution in [0.3, 0.4) is 0 Å². The lowest BCUT2D eigenvalue weighted by Crippen LogP contribution is -2.22. The predicted molar refractivity (Wildman–Crippen MR) is 81.7 cm³/mol. The Hall–Kier alpha value is -0.623. The van der Waals surface area contributed by atoms with Gasteiger partial charge in [0.05, 0.1) is 11.2 Å². The first kappa shape index (κ1) is 14.8. The molecule has 0 spiro atoms. The highest BCUT2D eigenvalue weighted by atomic mass is 35.5. The lowest BCUT2D eigenvalue weighted by Gasteiger charge is -2.15. The van der Waals surface area contributed by atoms with Crippen molar-refractivity contribution >= 4 is 42.4 Å². The van der Waals surface area contributed by atoms with Crippen LogP contribution in [0, 0.1) is 0 Å². The van der Waals surface area contributed by atoms with E-state index in [0.29, 0.717) is 28.1 Å². The van der Waals surface area contributed by atoms with E-state index < -0.39 is 8.07 Å². The molecule has 0 bridgehead atoms. The molecule has 4 nitrogen and oxygen atoms in total. The van der Waals surface area contributed by atoms with Crippen molar-refractivity contribution in [2.45, 2.75) is 32.4 Å². The van der Waals surface area contributed by atoms with E-state index in [4.69, 9.17) is 27.9 Å². The fraction of sp³-hybridized carbons (Fsp3) is 0.500. The van der Waals surface area contributed by atoms with Gasteiger partial charge in [0.25, 0.3) is 0 Å². The van der Waals surface area contributed by atoms with E-state index in [1.807, 2.05) is 4.57 Å². The predicted octanol–water partition coefficient (Wildman–Crippen LogP) is 4.05. The molecule has 0 saturated carbocycles. The summed E-state index contributed by atoms with van der Waals surface area (Å²) in [6.45, 7) is 8.17. The van der Waals surface area contributed by atoms with Crippen LogP contribution in [0.15, 0.2) is 12.4 Å². The highest BCUT2D eigenvalue weighted by Gasteiger charge is 2.13. The zero-order valence-corrected chi connectivity index (χ0v) is 13.8. The summed E-state index contributed by atoms with van der Waals surface area (Å²) in [5.74, 6) is 0. The lowest BCUT2D eigenvalue weighted by molar-refractivity contribution is 0.0899. The molecule has 104 valence electrons. The number of aromatic nitrogens is 3. The molecular weight excluding hydrogens is 301 g/mol. The van der Waals surface area contributed by atoms with E-state index in [0.717, 1.165) is 12.7 Å². The fourth-order valence-electron chi connectivity index (χ4n) is 1.63. The molecule has 7 heteroatoms. The molecule has 0 aliphatic heterocycles. The number of halogens is 2. The van der Waals surface area contributed by atoms with Crippen LogP contribution in [0.1, 0.15) is 0 Å². The number of rotatable bonds is 5. The van der Waals surface area contributed by atoms with E-state index in [1.165, 1.54) is 6.20 Å². The standard InChI is InChI=1S/C12H17Cl2N3OSi/c1-19(2,3)5-4-18-8-17-7-9(13)11-12(17)15-6-10(14)16-11/h6-7H,4-5,8H2,1-3H3. The third-order valence-electron chi connectivity index (χ3n) is 2.72. The lowest BCUT2D eigenvalue weighted by atomic mass is 10.5. The van der Waals surface area contributed by atoms with E-state index in [9.17, 15) is 0 Å². The molecule has 19 heavy (non-hydrogen) atoms. The SMILES string of the molecule is C[Si](C)(C)CCOCn1cc(Cl)c2nc(Cl)cnc21. The Morgan fingerprint density at radius 2 is 2.05 bits per heavy atom. The van der Waals surface area contributed by atoms with E-state index in [1.54, 1.807) is 6.20 Å². The van der Waals surface area contributed by atoms with Gasteiger partial charge in [-0.1, -0.05) is 42.8 Å². The van der Waals surface area contributed by atoms with Crippen molar-refractivity contribution < 1.29 is 4.74 Å². The summed E-state index contributed by atoms with van der Waals surface area (Å²) >= 11 is 11.9. The molecule has 0 aromatic carbocycles. The average Bonchev–Trinajstić information content (AvgIpc) is 2.60. The zero-order chi connectivity index (χ0) is 14.0. The molecule has 2 rings (SSSR count). The smallest absolute Gasteiger partial charge is 0.162 e. The van der Waals surface area contributed by atoms with Crippen LogP contribution in [0.2, 0.25) is 35.9 Å². The summed E-state index contributed by atoms with van der Waals surface area (Å²) in [5, 5.41) is 0.880. The van der Waals surface area contributed by atoms with Crippen molar-refractivity contribution in [2.24, 2.45) is 0 Å². The summed E-state index contributed by atoms with van der Waals surface area (Å²) in [4.78, 5) is 8.41. The van der Waals surface area contributed by atoms with E-state index >= 15 is 0 Å². The van der Waals surface area contributed by atoms with Gasteiger partial charge in [-0.05, 0) is 6.04 Å². The second kappa shape index (κ2) is 5.79. The van der Waals surface area contributed by atoms with Crippen molar-refractivity contribution in [3.63, 3.8) is 0 Å². The quantitative estimate of drug-likeness (QED) is 0.617. The monoisotopic (exact) mass is 317 g/mol. The topological polar surface area (TPSA) is 39.9 Å². The van der Waals surface area contributed by atoms with Crippen LogP contribution in [0.25, 0.3) is 11.2 Å². The Balaban J connectivity index is 2.05. The molecule has 0 atom stereocenters. The second-order valence-electron chi connectivity index (χ2n) is 5.66. The van der Waals surface area contributed by atoms with Crippen molar-refractivity contribution in [2.75, 3.05) is 6.61 Å². The summed E-state index contributed by atoms with van der Waals surface area (Å²) in [6.07, 6.45) is 3.29. The molecule has 2 heterocycles. The molecule has 0 aliphatic carbocycles. The van der Waals surface area contributed by atoms with Gasteiger partial charge in [-0.3, -0.25) is 0 Å². The van der Waals surface area contributed by atoms with Crippen molar-refractivity contribution in [1.82, 2.24) is 14.5 Å². The maximum Gasteiger partial charge on any atom is 0.162 e. The Labute approximate surface area is 123 Å². The Bertz CT molecular complexity index is 580. The van der Waals surface area contributed by atoms with Gasteiger partial charge in [0.2, 0.25) is 0 Å². The number of hydrogen-bond acceptors (Lipinski definition) is 3. The minimum absolute atomic E-state index is 0.340. The first-order valence-corrected chi connectivity index (χ1v) is 10.6. The number of ether oxygens (including phenoxy) is 1. The minimum Gasteiger partial charge on any atom is -0.361 e. The van der Waals surface area contributed by atoms with E-state index in [-0.39, 0.29) is 0 Å². The number of nitrogens with zero attached hydrogens (tertiary/aromatic N) is 3. The van der Waals surface area contributed by atoms with Gasteiger partial charge < -0.3 is 9.30 Å². The van der Waals surface area contributed by atoms with Crippen LogP contribution in [-0.2, 0) is 11.5 Å².